The summed E-state index contributed by atoms with van der Waals surface area (Å²) in [5.74, 6) is 0. The van der Waals surface area contributed by atoms with Gasteiger partial charge in [0.1, 0.15) is 0 Å². The highest BCUT2D eigenvalue weighted by molar-refractivity contribution is 5.57. The van der Waals surface area contributed by atoms with Crippen LogP contribution in [0.5, 0.6) is 0 Å². The molecule has 82 valence electrons. The summed E-state index contributed by atoms with van der Waals surface area (Å²) < 4.78 is 36.9. The van der Waals surface area contributed by atoms with Crippen LogP contribution in [0.1, 0.15) is 11.1 Å². The molecule has 4 heteroatoms. The molecular weight excluding hydrogens is 205 g/mol. The van der Waals surface area contributed by atoms with Crippen LogP contribution < -0.4 is 0 Å². The third kappa shape index (κ3) is 3.09. The van der Waals surface area contributed by atoms with Gasteiger partial charge in [-0.15, -0.1) is 0 Å². The summed E-state index contributed by atoms with van der Waals surface area (Å²) in [5.41, 5.74) is 0.281. The Hall–Kier alpha value is -1.29. The molecule has 1 aromatic rings. The monoisotopic (exact) mass is 216 g/mol. The predicted molar refractivity (Wildman–Crippen MR) is 52.3 cm³/mol. The van der Waals surface area contributed by atoms with Crippen molar-refractivity contribution >= 4 is 6.08 Å². The van der Waals surface area contributed by atoms with Crippen LogP contribution in [0.4, 0.5) is 13.2 Å². The molecule has 0 radical (unpaired) electrons. The Bertz CT molecular complexity index is 366. The van der Waals surface area contributed by atoms with Crippen molar-refractivity contribution in [2.45, 2.75) is 13.1 Å². The second-order valence-corrected chi connectivity index (χ2v) is 3.18. The van der Waals surface area contributed by atoms with Gasteiger partial charge in [0.2, 0.25) is 0 Å². The molecule has 0 fully saturated rings. The van der Waals surface area contributed by atoms with Gasteiger partial charge in [-0.05, 0) is 24.1 Å². The smallest absolute Gasteiger partial charge is 0.392 e. The maximum absolute atomic E-state index is 12.3. The molecule has 0 saturated heterocycles. The minimum absolute atomic E-state index is 0.471. The van der Waals surface area contributed by atoms with Gasteiger partial charge in [-0.25, -0.2) is 0 Å². The molecule has 0 spiro atoms. The molecule has 0 aliphatic rings. The number of rotatable bonds is 2. The molecule has 0 heterocycles. The lowest BCUT2D eigenvalue weighted by Crippen LogP contribution is -2.14. The van der Waals surface area contributed by atoms with Crippen molar-refractivity contribution in [1.82, 2.24) is 0 Å². The van der Waals surface area contributed by atoms with Gasteiger partial charge in [0.05, 0.1) is 12.2 Å². The fraction of sp³-hybridized carbons (Fsp3) is 0.273. The summed E-state index contributed by atoms with van der Waals surface area (Å²) in [5, 5.41) is 8.63. The number of halogens is 3. The number of hydrogen-bond donors (Lipinski definition) is 1. The van der Waals surface area contributed by atoms with Crippen molar-refractivity contribution < 1.29 is 18.3 Å². The zero-order valence-corrected chi connectivity index (χ0v) is 8.17. The normalized spacial score (nSPS) is 13.0. The average molecular weight is 216 g/mol. The van der Waals surface area contributed by atoms with E-state index in [1.165, 1.54) is 0 Å². The fourth-order valence-corrected chi connectivity index (χ4v) is 1.15. The van der Waals surface area contributed by atoms with E-state index < -0.39 is 18.4 Å². The first-order valence-corrected chi connectivity index (χ1v) is 4.39. The lowest BCUT2D eigenvalue weighted by molar-refractivity contribution is -0.0964. The lowest BCUT2D eigenvalue weighted by atomic mass is 10.1. The van der Waals surface area contributed by atoms with Crippen molar-refractivity contribution in [3.63, 3.8) is 0 Å². The maximum atomic E-state index is 12.3. The van der Waals surface area contributed by atoms with E-state index in [1.54, 1.807) is 31.2 Å². The van der Waals surface area contributed by atoms with Crippen LogP contribution in [0.15, 0.2) is 29.8 Å². The zero-order chi connectivity index (χ0) is 11.5. The van der Waals surface area contributed by atoms with Crippen LogP contribution in [-0.2, 0) is 0 Å². The molecule has 0 aliphatic heterocycles. The maximum Gasteiger partial charge on any atom is 0.414 e. The number of alkyl halides is 3. The number of hydrogen-bond acceptors (Lipinski definition) is 1. The van der Waals surface area contributed by atoms with Crippen molar-refractivity contribution in [2.24, 2.45) is 0 Å². The van der Waals surface area contributed by atoms with Crippen molar-refractivity contribution in [3.05, 3.63) is 41.0 Å². The summed E-state index contributed by atoms with van der Waals surface area (Å²) in [6, 6.07) is 6.71. The summed E-state index contributed by atoms with van der Waals surface area (Å²) >= 11 is 0. The molecular formula is C11H11F3O. The van der Waals surface area contributed by atoms with Gasteiger partial charge >= 0.3 is 6.18 Å². The molecule has 1 rings (SSSR count). The molecule has 15 heavy (non-hydrogen) atoms. The Morgan fingerprint density at radius 2 is 1.93 bits per heavy atom. The SMILES string of the molecule is Cc1ccccc1/C=C(\CO)C(F)(F)F. The molecule has 0 unspecified atom stereocenters. The van der Waals surface area contributed by atoms with E-state index in [9.17, 15) is 13.2 Å². The van der Waals surface area contributed by atoms with Crippen LogP contribution in [0.25, 0.3) is 6.08 Å². The van der Waals surface area contributed by atoms with Gasteiger partial charge < -0.3 is 5.11 Å². The fourth-order valence-electron chi connectivity index (χ4n) is 1.15. The second-order valence-electron chi connectivity index (χ2n) is 3.18. The van der Waals surface area contributed by atoms with E-state index in [0.717, 1.165) is 11.6 Å². The van der Waals surface area contributed by atoms with E-state index in [-0.39, 0.29) is 0 Å². The molecule has 0 aromatic heterocycles. The highest BCUT2D eigenvalue weighted by Crippen LogP contribution is 2.27. The van der Waals surface area contributed by atoms with Gasteiger partial charge in [-0.2, -0.15) is 13.2 Å². The van der Waals surface area contributed by atoms with E-state index in [4.69, 9.17) is 5.11 Å². The van der Waals surface area contributed by atoms with Crippen LogP contribution in [-0.4, -0.2) is 17.9 Å². The van der Waals surface area contributed by atoms with Crippen LogP contribution in [0.3, 0.4) is 0 Å². The van der Waals surface area contributed by atoms with E-state index in [2.05, 4.69) is 0 Å². The molecule has 1 N–H and O–H groups in total. The summed E-state index contributed by atoms with van der Waals surface area (Å²) in [6.45, 7) is 0.717. The molecule has 0 amide bonds. The van der Waals surface area contributed by atoms with Crippen LogP contribution in [0.2, 0.25) is 0 Å². The predicted octanol–water partition coefficient (Wildman–Crippen LogP) is 2.93. The summed E-state index contributed by atoms with van der Waals surface area (Å²) in [6.07, 6.45) is -3.51. The minimum Gasteiger partial charge on any atom is -0.392 e. The Morgan fingerprint density at radius 1 is 1.33 bits per heavy atom. The topological polar surface area (TPSA) is 20.2 Å². The lowest BCUT2D eigenvalue weighted by Gasteiger charge is -2.09. The van der Waals surface area contributed by atoms with Crippen molar-refractivity contribution in [3.8, 4) is 0 Å². The Kier molecular flexibility index (Phi) is 3.52. The standard InChI is InChI=1S/C11H11F3O/c1-8-4-2-3-5-9(8)6-10(7-15)11(12,13)14/h2-6,15H,7H2,1H3/b10-6+. The van der Waals surface area contributed by atoms with Crippen LogP contribution >= 0.6 is 0 Å². The van der Waals surface area contributed by atoms with E-state index in [1.807, 2.05) is 0 Å². The third-order valence-corrected chi connectivity index (χ3v) is 2.05. The van der Waals surface area contributed by atoms with Crippen molar-refractivity contribution in [2.75, 3.05) is 6.61 Å². The highest BCUT2D eigenvalue weighted by Gasteiger charge is 2.32. The van der Waals surface area contributed by atoms with Crippen LogP contribution in [0, 0.1) is 6.92 Å². The minimum atomic E-state index is -4.48. The number of aliphatic hydroxyl groups excluding tert-OH is 1. The Labute approximate surface area is 85.9 Å². The van der Waals surface area contributed by atoms with Gasteiger partial charge in [0.25, 0.3) is 0 Å². The van der Waals surface area contributed by atoms with Gasteiger partial charge in [-0.3, -0.25) is 0 Å². The van der Waals surface area contributed by atoms with Gasteiger partial charge in [-0.1, -0.05) is 24.3 Å². The third-order valence-electron chi connectivity index (χ3n) is 2.05. The highest BCUT2D eigenvalue weighted by atomic mass is 19.4. The van der Waals surface area contributed by atoms with E-state index in [0.29, 0.717) is 5.56 Å². The molecule has 0 saturated carbocycles. The first-order chi connectivity index (χ1) is 6.95. The molecule has 0 bridgehead atoms. The van der Waals surface area contributed by atoms with E-state index >= 15 is 0 Å². The number of aryl methyl sites for hydroxylation is 1. The number of benzene rings is 1. The Balaban J connectivity index is 3.10. The largest absolute Gasteiger partial charge is 0.414 e. The number of aliphatic hydroxyl groups is 1. The Morgan fingerprint density at radius 3 is 2.40 bits per heavy atom. The zero-order valence-electron chi connectivity index (χ0n) is 8.17. The molecule has 0 aliphatic carbocycles. The molecule has 1 nitrogen and oxygen atoms in total. The van der Waals surface area contributed by atoms with Gasteiger partial charge in [0.15, 0.2) is 0 Å². The average Bonchev–Trinajstić information content (AvgIpc) is 2.14. The van der Waals surface area contributed by atoms with Crippen molar-refractivity contribution in [1.29, 1.82) is 0 Å². The summed E-state index contributed by atoms with van der Waals surface area (Å²) in [4.78, 5) is 0. The quantitative estimate of drug-likeness (QED) is 0.805. The first-order valence-electron chi connectivity index (χ1n) is 4.39. The molecule has 1 aromatic carbocycles. The second kappa shape index (κ2) is 4.49. The molecule has 0 atom stereocenters. The summed E-state index contributed by atoms with van der Waals surface area (Å²) in [7, 11) is 0. The first kappa shape index (κ1) is 11.8. The van der Waals surface area contributed by atoms with Gasteiger partial charge in [0, 0.05) is 0 Å².